The number of hydrogen-bond donors (Lipinski definition) is 0. The van der Waals surface area contributed by atoms with Crippen LogP contribution in [0.4, 0.5) is 4.39 Å². The van der Waals surface area contributed by atoms with Gasteiger partial charge < -0.3 is 4.90 Å². The molecular formula is C21H26FN3O3S. The van der Waals surface area contributed by atoms with Crippen molar-refractivity contribution in [2.75, 3.05) is 39.3 Å². The van der Waals surface area contributed by atoms with Gasteiger partial charge in [0.25, 0.3) is 0 Å². The lowest BCUT2D eigenvalue weighted by atomic mass is 10.2. The lowest BCUT2D eigenvalue weighted by Gasteiger charge is -2.34. The molecule has 29 heavy (non-hydrogen) atoms. The largest absolute Gasteiger partial charge is 0.338 e. The maximum Gasteiger partial charge on any atom is 0.243 e. The molecule has 2 aromatic carbocycles. The van der Waals surface area contributed by atoms with Crippen molar-refractivity contribution in [3.63, 3.8) is 0 Å². The first kappa shape index (κ1) is 21.4. The van der Waals surface area contributed by atoms with Crippen LogP contribution in [0.15, 0.2) is 59.5 Å². The van der Waals surface area contributed by atoms with Crippen LogP contribution in [0.25, 0.3) is 0 Å². The Bertz CT molecular complexity index is 929. The normalized spacial score (nSPS) is 15.9. The molecular weight excluding hydrogens is 393 g/mol. The Hall–Kier alpha value is -2.29. The number of benzene rings is 2. The number of sulfonamides is 1. The van der Waals surface area contributed by atoms with Crippen molar-refractivity contribution in [1.29, 1.82) is 0 Å². The number of hydrogen-bond acceptors (Lipinski definition) is 4. The quantitative estimate of drug-likeness (QED) is 0.690. The van der Waals surface area contributed by atoms with Crippen LogP contribution in [0.5, 0.6) is 0 Å². The molecule has 156 valence electrons. The molecule has 2 aromatic rings. The van der Waals surface area contributed by atoms with Crippen LogP contribution in [0.3, 0.4) is 0 Å². The molecule has 3 rings (SSSR count). The summed E-state index contributed by atoms with van der Waals surface area (Å²) in [5, 5.41) is 0. The third-order valence-electron chi connectivity index (χ3n) is 5.07. The fourth-order valence-electron chi connectivity index (χ4n) is 3.38. The average Bonchev–Trinajstić information content (AvgIpc) is 2.73. The van der Waals surface area contributed by atoms with Gasteiger partial charge in [-0.3, -0.25) is 9.69 Å². The molecule has 1 aliphatic heterocycles. The van der Waals surface area contributed by atoms with E-state index >= 15 is 0 Å². The lowest BCUT2D eigenvalue weighted by Crippen LogP contribution is -2.51. The van der Waals surface area contributed by atoms with E-state index in [0.29, 0.717) is 26.2 Å². The summed E-state index contributed by atoms with van der Waals surface area (Å²) >= 11 is 0. The summed E-state index contributed by atoms with van der Waals surface area (Å²) in [5.41, 5.74) is 1.08. The molecule has 1 fully saturated rings. The summed E-state index contributed by atoms with van der Waals surface area (Å²) in [6, 6.07) is 14.9. The topological polar surface area (TPSA) is 60.9 Å². The van der Waals surface area contributed by atoms with E-state index < -0.39 is 15.8 Å². The first-order chi connectivity index (χ1) is 13.9. The Labute approximate surface area is 171 Å². The van der Waals surface area contributed by atoms with E-state index in [4.69, 9.17) is 0 Å². The number of carbonyl (C=O) groups is 1. The second kappa shape index (κ2) is 9.47. The van der Waals surface area contributed by atoms with E-state index in [1.54, 1.807) is 4.90 Å². The lowest BCUT2D eigenvalue weighted by molar-refractivity contribution is -0.133. The van der Waals surface area contributed by atoms with Gasteiger partial charge in [0.15, 0.2) is 0 Å². The molecule has 0 saturated carbocycles. The monoisotopic (exact) mass is 419 g/mol. The smallest absolute Gasteiger partial charge is 0.243 e. The van der Waals surface area contributed by atoms with Crippen molar-refractivity contribution < 1.29 is 17.6 Å². The maximum atomic E-state index is 13.4. The van der Waals surface area contributed by atoms with Crippen LogP contribution < -0.4 is 0 Å². The Morgan fingerprint density at radius 2 is 1.72 bits per heavy atom. The second-order valence-corrected chi connectivity index (χ2v) is 8.97. The Kier molecular flexibility index (Phi) is 7.00. The highest BCUT2D eigenvalue weighted by molar-refractivity contribution is 7.89. The van der Waals surface area contributed by atoms with Crippen molar-refractivity contribution in [1.82, 2.24) is 14.1 Å². The Morgan fingerprint density at radius 1 is 1.03 bits per heavy atom. The zero-order chi connectivity index (χ0) is 20.9. The fourth-order valence-corrected chi connectivity index (χ4v) is 4.83. The number of piperazine rings is 1. The molecule has 0 N–H and O–H groups in total. The molecule has 0 radical (unpaired) electrons. The minimum absolute atomic E-state index is 0.0257. The van der Waals surface area contributed by atoms with Gasteiger partial charge in [-0.2, -0.15) is 4.31 Å². The first-order valence-corrected chi connectivity index (χ1v) is 11.1. The fraction of sp³-hybridized carbons (Fsp3) is 0.381. The van der Waals surface area contributed by atoms with Crippen molar-refractivity contribution in [3.05, 3.63) is 66.0 Å². The molecule has 1 aliphatic rings. The highest BCUT2D eigenvalue weighted by Crippen LogP contribution is 2.18. The van der Waals surface area contributed by atoms with Gasteiger partial charge in [0.05, 0.1) is 11.4 Å². The predicted molar refractivity (Wildman–Crippen MR) is 109 cm³/mol. The summed E-state index contributed by atoms with van der Waals surface area (Å²) in [5.74, 6) is -0.550. The van der Waals surface area contributed by atoms with Gasteiger partial charge in [-0.25, -0.2) is 12.8 Å². The zero-order valence-corrected chi connectivity index (χ0v) is 17.3. The Balaban J connectivity index is 1.55. The van der Waals surface area contributed by atoms with Crippen LogP contribution in [0.2, 0.25) is 0 Å². The summed E-state index contributed by atoms with van der Waals surface area (Å²) in [4.78, 5) is 16.4. The van der Waals surface area contributed by atoms with Crippen LogP contribution in [-0.2, 0) is 21.4 Å². The molecule has 0 aromatic heterocycles. The van der Waals surface area contributed by atoms with E-state index in [1.807, 2.05) is 42.2 Å². The third kappa shape index (κ3) is 5.41. The second-order valence-electron chi connectivity index (χ2n) is 7.03. The number of nitrogens with zero attached hydrogens (tertiary/aromatic N) is 3. The number of halogens is 1. The van der Waals surface area contributed by atoms with Crippen LogP contribution in [0.1, 0.15) is 12.5 Å². The SMILES string of the molecule is CCN(Cc1ccccc1)C(=O)CN1CCN(S(=O)(=O)c2cccc(F)c2)CC1. The molecule has 1 amide bonds. The molecule has 8 heteroatoms. The minimum Gasteiger partial charge on any atom is -0.338 e. The van der Waals surface area contributed by atoms with E-state index in [9.17, 15) is 17.6 Å². The van der Waals surface area contributed by atoms with Gasteiger partial charge >= 0.3 is 0 Å². The average molecular weight is 420 g/mol. The van der Waals surface area contributed by atoms with E-state index in [2.05, 4.69) is 0 Å². The van der Waals surface area contributed by atoms with E-state index in [0.717, 1.165) is 11.6 Å². The summed E-state index contributed by atoms with van der Waals surface area (Å²) in [6.07, 6.45) is 0. The summed E-state index contributed by atoms with van der Waals surface area (Å²) < 4.78 is 40.1. The van der Waals surface area contributed by atoms with Gasteiger partial charge in [0.1, 0.15) is 5.82 Å². The van der Waals surface area contributed by atoms with E-state index in [-0.39, 0.29) is 30.4 Å². The van der Waals surface area contributed by atoms with E-state index in [1.165, 1.54) is 22.5 Å². The van der Waals surface area contributed by atoms with Gasteiger partial charge in [0.2, 0.25) is 15.9 Å². The zero-order valence-electron chi connectivity index (χ0n) is 16.5. The molecule has 0 atom stereocenters. The number of rotatable bonds is 7. The molecule has 1 heterocycles. The minimum atomic E-state index is -3.73. The van der Waals surface area contributed by atoms with Gasteiger partial charge in [-0.1, -0.05) is 36.4 Å². The van der Waals surface area contributed by atoms with Crippen molar-refractivity contribution in [2.45, 2.75) is 18.4 Å². The number of carbonyl (C=O) groups excluding carboxylic acids is 1. The first-order valence-electron chi connectivity index (χ1n) is 9.70. The van der Waals surface area contributed by atoms with Gasteiger partial charge in [-0.05, 0) is 30.7 Å². The van der Waals surface area contributed by atoms with Gasteiger partial charge in [-0.15, -0.1) is 0 Å². The summed E-state index contributed by atoms with van der Waals surface area (Å²) in [6.45, 7) is 4.85. The predicted octanol–water partition coefficient (Wildman–Crippen LogP) is 2.18. The molecule has 0 aliphatic carbocycles. The molecule has 0 bridgehead atoms. The standard InChI is InChI=1S/C21H26FN3O3S/c1-2-24(16-18-7-4-3-5-8-18)21(26)17-23-11-13-25(14-12-23)29(27,28)20-10-6-9-19(22)15-20/h3-10,15H,2,11-14,16-17H2,1H3. The third-order valence-corrected chi connectivity index (χ3v) is 6.97. The van der Waals surface area contributed by atoms with Crippen LogP contribution >= 0.6 is 0 Å². The van der Waals surface area contributed by atoms with Crippen molar-refractivity contribution in [2.24, 2.45) is 0 Å². The Morgan fingerprint density at radius 3 is 2.34 bits per heavy atom. The maximum absolute atomic E-state index is 13.4. The summed E-state index contributed by atoms with van der Waals surface area (Å²) in [7, 11) is -3.73. The highest BCUT2D eigenvalue weighted by Gasteiger charge is 2.29. The molecule has 0 spiro atoms. The van der Waals surface area contributed by atoms with Gasteiger partial charge in [0, 0.05) is 39.3 Å². The number of amides is 1. The van der Waals surface area contributed by atoms with Crippen LogP contribution in [0, 0.1) is 5.82 Å². The molecule has 6 nitrogen and oxygen atoms in total. The van der Waals surface area contributed by atoms with Crippen LogP contribution in [-0.4, -0.2) is 67.7 Å². The molecule has 1 saturated heterocycles. The van der Waals surface area contributed by atoms with Crippen molar-refractivity contribution in [3.8, 4) is 0 Å². The number of likely N-dealkylation sites (N-methyl/N-ethyl adjacent to an activating group) is 1. The van der Waals surface area contributed by atoms with Crippen molar-refractivity contribution >= 4 is 15.9 Å². The highest BCUT2D eigenvalue weighted by atomic mass is 32.2. The molecule has 0 unspecified atom stereocenters.